The number of aromatic nitrogens is 2. The molecule has 1 atom stereocenters. The van der Waals surface area contributed by atoms with Crippen molar-refractivity contribution >= 4 is 17.5 Å². The fourth-order valence-corrected chi connectivity index (χ4v) is 4.06. The molecule has 1 saturated heterocycles. The highest BCUT2D eigenvalue weighted by atomic mass is 35.5. The van der Waals surface area contributed by atoms with E-state index in [-0.39, 0.29) is 11.9 Å². The van der Waals surface area contributed by atoms with Crippen LogP contribution in [0.25, 0.3) is 5.69 Å². The molecule has 2 aromatic heterocycles. The summed E-state index contributed by atoms with van der Waals surface area (Å²) in [6.45, 7) is 7.00. The summed E-state index contributed by atoms with van der Waals surface area (Å²) < 4.78 is 12.9. The van der Waals surface area contributed by atoms with E-state index >= 15 is 0 Å². The Morgan fingerprint density at radius 2 is 1.90 bits per heavy atom. The lowest BCUT2D eigenvalue weighted by Gasteiger charge is -2.33. The number of benzene rings is 1. The molecule has 0 saturated carbocycles. The SMILES string of the molecule is Cc1ccc(C(CNC(=O)c2c(C)nn(-c3ccccc3)c2Cl)N2CCOCC2)o1. The second kappa shape index (κ2) is 9.04. The quantitative estimate of drug-likeness (QED) is 0.650. The molecular weight excluding hydrogens is 404 g/mol. The van der Waals surface area contributed by atoms with Crippen LogP contribution in [0, 0.1) is 13.8 Å². The van der Waals surface area contributed by atoms with Gasteiger partial charge in [0, 0.05) is 19.6 Å². The Morgan fingerprint density at radius 1 is 1.17 bits per heavy atom. The fraction of sp³-hybridized carbons (Fsp3) is 0.364. The summed E-state index contributed by atoms with van der Waals surface area (Å²) in [4.78, 5) is 15.3. The van der Waals surface area contributed by atoms with Crippen LogP contribution in [0.5, 0.6) is 0 Å². The smallest absolute Gasteiger partial charge is 0.256 e. The van der Waals surface area contributed by atoms with Crippen molar-refractivity contribution in [1.82, 2.24) is 20.0 Å². The Balaban J connectivity index is 1.53. The molecule has 3 heterocycles. The van der Waals surface area contributed by atoms with Crippen molar-refractivity contribution in [2.75, 3.05) is 32.8 Å². The van der Waals surface area contributed by atoms with E-state index in [2.05, 4.69) is 15.3 Å². The average Bonchev–Trinajstić information content (AvgIpc) is 3.32. The maximum absolute atomic E-state index is 13.0. The summed E-state index contributed by atoms with van der Waals surface area (Å²) in [5.41, 5.74) is 1.77. The number of carbonyl (C=O) groups excluding carboxylic acids is 1. The molecule has 4 rings (SSSR count). The molecule has 1 amide bonds. The van der Waals surface area contributed by atoms with Crippen LogP contribution in [0.3, 0.4) is 0 Å². The highest BCUT2D eigenvalue weighted by molar-refractivity contribution is 6.33. The van der Waals surface area contributed by atoms with Gasteiger partial charge in [-0.3, -0.25) is 9.69 Å². The van der Waals surface area contributed by atoms with Gasteiger partial charge >= 0.3 is 0 Å². The summed E-state index contributed by atoms with van der Waals surface area (Å²) in [6, 6.07) is 13.4. The van der Waals surface area contributed by atoms with Crippen molar-refractivity contribution in [3.8, 4) is 5.69 Å². The van der Waals surface area contributed by atoms with Gasteiger partial charge in [-0.25, -0.2) is 4.68 Å². The fourth-order valence-electron chi connectivity index (χ4n) is 3.71. The van der Waals surface area contributed by atoms with Gasteiger partial charge in [-0.15, -0.1) is 0 Å². The van der Waals surface area contributed by atoms with Gasteiger partial charge in [0.05, 0.1) is 36.2 Å². The number of furan rings is 1. The van der Waals surface area contributed by atoms with Crippen molar-refractivity contribution in [2.24, 2.45) is 0 Å². The van der Waals surface area contributed by atoms with Gasteiger partial charge in [-0.1, -0.05) is 29.8 Å². The Labute approximate surface area is 180 Å². The molecule has 1 aliphatic rings. The van der Waals surface area contributed by atoms with Crippen molar-refractivity contribution in [3.63, 3.8) is 0 Å². The zero-order valence-electron chi connectivity index (χ0n) is 17.1. The van der Waals surface area contributed by atoms with E-state index in [9.17, 15) is 4.79 Å². The predicted molar refractivity (Wildman–Crippen MR) is 114 cm³/mol. The molecule has 1 N–H and O–H groups in total. The lowest BCUT2D eigenvalue weighted by atomic mass is 10.1. The van der Waals surface area contributed by atoms with E-state index in [1.165, 1.54) is 0 Å². The molecule has 1 fully saturated rings. The van der Waals surface area contributed by atoms with E-state index in [4.69, 9.17) is 20.8 Å². The number of ether oxygens (including phenoxy) is 1. The molecule has 30 heavy (non-hydrogen) atoms. The molecule has 1 aromatic carbocycles. The van der Waals surface area contributed by atoms with Gasteiger partial charge in [0.15, 0.2) is 0 Å². The van der Waals surface area contributed by atoms with E-state index in [1.54, 1.807) is 11.6 Å². The minimum Gasteiger partial charge on any atom is -0.465 e. The van der Waals surface area contributed by atoms with Gasteiger partial charge in [-0.2, -0.15) is 5.10 Å². The highest BCUT2D eigenvalue weighted by Gasteiger charge is 2.27. The largest absolute Gasteiger partial charge is 0.465 e. The minimum atomic E-state index is -0.249. The van der Waals surface area contributed by atoms with Crippen LogP contribution >= 0.6 is 11.6 Å². The summed E-state index contributed by atoms with van der Waals surface area (Å²) >= 11 is 6.54. The van der Waals surface area contributed by atoms with Crippen molar-refractivity contribution in [3.05, 3.63) is 70.4 Å². The molecular formula is C22H25ClN4O3. The molecule has 0 aliphatic carbocycles. The first kappa shape index (κ1) is 20.7. The standard InChI is InChI=1S/C22H25ClN4O3/c1-15-8-9-19(30-15)18(26-10-12-29-13-11-26)14-24-22(28)20-16(2)25-27(21(20)23)17-6-4-3-5-7-17/h3-9,18H,10-14H2,1-2H3,(H,24,28). The van der Waals surface area contributed by atoms with Crippen molar-refractivity contribution in [2.45, 2.75) is 19.9 Å². The Bertz CT molecular complexity index is 1010. The summed E-state index contributed by atoms with van der Waals surface area (Å²) in [6.07, 6.45) is 0. The first-order chi connectivity index (χ1) is 14.5. The number of halogens is 1. The molecule has 1 aliphatic heterocycles. The van der Waals surface area contributed by atoms with E-state index in [0.717, 1.165) is 30.3 Å². The topological polar surface area (TPSA) is 72.5 Å². The van der Waals surface area contributed by atoms with Gasteiger partial charge in [-0.05, 0) is 38.1 Å². The number of morpholine rings is 1. The molecule has 7 nitrogen and oxygen atoms in total. The zero-order chi connectivity index (χ0) is 21.1. The molecule has 0 spiro atoms. The average molecular weight is 429 g/mol. The third kappa shape index (κ3) is 4.28. The van der Waals surface area contributed by atoms with E-state index in [1.807, 2.05) is 49.4 Å². The summed E-state index contributed by atoms with van der Waals surface area (Å²) in [5, 5.41) is 7.79. The summed E-state index contributed by atoms with van der Waals surface area (Å²) in [5.74, 6) is 1.43. The maximum atomic E-state index is 13.0. The molecule has 1 unspecified atom stereocenters. The number of carbonyl (C=O) groups is 1. The molecule has 0 radical (unpaired) electrons. The highest BCUT2D eigenvalue weighted by Crippen LogP contribution is 2.26. The monoisotopic (exact) mass is 428 g/mol. The van der Waals surface area contributed by atoms with Crippen LogP contribution in [-0.2, 0) is 4.74 Å². The maximum Gasteiger partial charge on any atom is 0.256 e. The van der Waals surface area contributed by atoms with Crippen LogP contribution in [0.15, 0.2) is 46.9 Å². The second-order valence-electron chi connectivity index (χ2n) is 7.32. The van der Waals surface area contributed by atoms with E-state index in [0.29, 0.717) is 36.2 Å². The number of aryl methyl sites for hydroxylation is 2. The van der Waals surface area contributed by atoms with Crippen LogP contribution < -0.4 is 5.32 Å². The normalized spacial score (nSPS) is 15.8. The third-order valence-corrected chi connectivity index (χ3v) is 5.61. The van der Waals surface area contributed by atoms with Crippen LogP contribution in [-0.4, -0.2) is 53.4 Å². The minimum absolute atomic E-state index is 0.0743. The zero-order valence-corrected chi connectivity index (χ0v) is 17.9. The Kier molecular flexibility index (Phi) is 6.22. The number of nitrogens with zero attached hydrogens (tertiary/aromatic N) is 3. The van der Waals surface area contributed by atoms with Crippen LogP contribution in [0.4, 0.5) is 0 Å². The van der Waals surface area contributed by atoms with Crippen molar-refractivity contribution < 1.29 is 13.9 Å². The predicted octanol–water partition coefficient (Wildman–Crippen LogP) is 3.54. The van der Waals surface area contributed by atoms with Crippen LogP contribution in [0.1, 0.15) is 33.6 Å². The summed E-state index contributed by atoms with van der Waals surface area (Å²) in [7, 11) is 0. The molecule has 8 heteroatoms. The molecule has 3 aromatic rings. The lowest BCUT2D eigenvalue weighted by Crippen LogP contribution is -2.43. The van der Waals surface area contributed by atoms with Gasteiger partial charge < -0.3 is 14.5 Å². The number of rotatable bonds is 6. The van der Waals surface area contributed by atoms with Crippen LogP contribution in [0.2, 0.25) is 5.15 Å². The third-order valence-electron chi connectivity index (χ3n) is 5.26. The Hall–Kier alpha value is -2.61. The number of para-hydroxylation sites is 1. The van der Waals surface area contributed by atoms with Gasteiger partial charge in [0.2, 0.25) is 0 Å². The van der Waals surface area contributed by atoms with Gasteiger partial charge in [0.25, 0.3) is 5.91 Å². The number of hydrogen-bond acceptors (Lipinski definition) is 5. The molecule has 0 bridgehead atoms. The van der Waals surface area contributed by atoms with Gasteiger partial charge in [0.1, 0.15) is 16.7 Å². The number of hydrogen-bond donors (Lipinski definition) is 1. The first-order valence-electron chi connectivity index (χ1n) is 10.0. The number of nitrogens with one attached hydrogen (secondary N) is 1. The second-order valence-corrected chi connectivity index (χ2v) is 7.68. The molecule has 158 valence electrons. The number of amides is 1. The van der Waals surface area contributed by atoms with E-state index < -0.39 is 0 Å². The lowest BCUT2D eigenvalue weighted by molar-refractivity contribution is 0.0117. The Morgan fingerprint density at radius 3 is 2.57 bits per heavy atom. The first-order valence-corrected chi connectivity index (χ1v) is 10.4. The van der Waals surface area contributed by atoms with Crippen molar-refractivity contribution in [1.29, 1.82) is 0 Å².